The number of nitrogens with zero attached hydrogens (tertiary/aromatic N) is 1. The summed E-state index contributed by atoms with van der Waals surface area (Å²) in [5.74, 6) is 1.80. The molecule has 1 heterocycles. The predicted molar refractivity (Wildman–Crippen MR) is 78.9 cm³/mol. The van der Waals surface area contributed by atoms with Crippen LogP contribution in [0.1, 0.15) is 6.42 Å². The minimum Gasteiger partial charge on any atom is -0.493 e. The van der Waals surface area contributed by atoms with Crippen molar-refractivity contribution >= 4 is 22.0 Å². The summed E-state index contributed by atoms with van der Waals surface area (Å²) in [4.78, 5) is 12.3. The van der Waals surface area contributed by atoms with Crippen LogP contribution in [-0.4, -0.2) is 47.7 Å². The molecule has 1 N–H and O–H groups in total. The van der Waals surface area contributed by atoms with Crippen LogP contribution in [0.15, 0.2) is 24.3 Å². The third kappa shape index (κ3) is 4.30. The first kappa shape index (κ1) is 15.0. The molecule has 1 aliphatic heterocycles. The minimum atomic E-state index is -0.849. The van der Waals surface area contributed by atoms with Crippen molar-refractivity contribution in [3.63, 3.8) is 0 Å². The molecule has 0 spiro atoms. The van der Waals surface area contributed by atoms with Crippen LogP contribution in [0.25, 0.3) is 0 Å². The van der Waals surface area contributed by atoms with E-state index in [0.29, 0.717) is 26.3 Å². The van der Waals surface area contributed by atoms with Crippen LogP contribution in [0, 0.1) is 5.92 Å². The van der Waals surface area contributed by atoms with Crippen molar-refractivity contribution in [1.82, 2.24) is 4.90 Å². The monoisotopic (exact) mass is 343 g/mol. The minimum absolute atomic E-state index is 0.262. The number of hydrogen-bond donors (Lipinski definition) is 1. The number of ether oxygens (including phenoxy) is 2. The van der Waals surface area contributed by atoms with Crippen LogP contribution in [0.4, 0.5) is 4.79 Å². The van der Waals surface area contributed by atoms with Gasteiger partial charge in [-0.25, -0.2) is 4.79 Å². The molecule has 0 aromatic heterocycles. The van der Waals surface area contributed by atoms with Crippen LogP contribution in [0.3, 0.4) is 0 Å². The van der Waals surface area contributed by atoms with Gasteiger partial charge in [0.05, 0.1) is 13.2 Å². The topological polar surface area (TPSA) is 59.0 Å². The lowest BCUT2D eigenvalue weighted by Crippen LogP contribution is -2.27. The van der Waals surface area contributed by atoms with Crippen molar-refractivity contribution in [1.29, 1.82) is 0 Å². The predicted octanol–water partition coefficient (Wildman–Crippen LogP) is 2.84. The number of amides is 1. The maximum atomic E-state index is 10.8. The number of hydrogen-bond acceptors (Lipinski definition) is 3. The highest BCUT2D eigenvalue weighted by Crippen LogP contribution is 2.22. The second-order valence-electron chi connectivity index (χ2n) is 4.71. The number of rotatable bonds is 6. The highest BCUT2D eigenvalue weighted by molar-refractivity contribution is 9.09. The van der Waals surface area contributed by atoms with Crippen molar-refractivity contribution < 1.29 is 19.4 Å². The Kier molecular flexibility index (Phi) is 5.52. The number of halogens is 1. The highest BCUT2D eigenvalue weighted by atomic mass is 79.9. The summed E-state index contributed by atoms with van der Waals surface area (Å²) in [6, 6.07) is 7.51. The van der Waals surface area contributed by atoms with Crippen LogP contribution in [-0.2, 0) is 0 Å². The highest BCUT2D eigenvalue weighted by Gasteiger charge is 2.26. The molecule has 1 aromatic carbocycles. The molecule has 6 heteroatoms. The van der Waals surface area contributed by atoms with E-state index in [1.165, 1.54) is 4.90 Å². The first-order valence-electron chi connectivity index (χ1n) is 6.58. The molecule has 2 rings (SSSR count). The summed E-state index contributed by atoms with van der Waals surface area (Å²) >= 11 is 3.31. The lowest BCUT2D eigenvalue weighted by atomic mass is 10.1. The zero-order valence-corrected chi connectivity index (χ0v) is 12.7. The Morgan fingerprint density at radius 1 is 1.40 bits per heavy atom. The van der Waals surface area contributed by atoms with Gasteiger partial charge in [-0.2, -0.15) is 0 Å². The molecule has 5 nitrogen and oxygen atoms in total. The molecule has 1 amide bonds. The van der Waals surface area contributed by atoms with Crippen molar-refractivity contribution in [2.75, 3.05) is 31.6 Å². The molecule has 0 radical (unpaired) electrons. The summed E-state index contributed by atoms with van der Waals surface area (Å²) in [5, 5.41) is 9.68. The number of likely N-dealkylation sites (tertiary alicyclic amines) is 1. The van der Waals surface area contributed by atoms with Crippen molar-refractivity contribution in [2.24, 2.45) is 5.92 Å². The molecule has 1 aliphatic rings. The van der Waals surface area contributed by atoms with E-state index in [0.717, 1.165) is 23.2 Å². The van der Waals surface area contributed by atoms with Crippen LogP contribution < -0.4 is 9.47 Å². The fraction of sp³-hybridized carbons (Fsp3) is 0.500. The van der Waals surface area contributed by atoms with Gasteiger partial charge in [0.1, 0.15) is 11.5 Å². The largest absolute Gasteiger partial charge is 0.493 e. The van der Waals surface area contributed by atoms with Crippen molar-refractivity contribution in [3.8, 4) is 11.5 Å². The molecule has 20 heavy (non-hydrogen) atoms. The van der Waals surface area contributed by atoms with Crippen LogP contribution >= 0.6 is 15.9 Å². The summed E-state index contributed by atoms with van der Waals surface area (Å²) in [5.41, 5.74) is 0. The maximum absolute atomic E-state index is 10.8. The molecule has 0 unspecified atom stereocenters. The van der Waals surface area contributed by atoms with E-state index in [-0.39, 0.29) is 5.92 Å². The Hall–Kier alpha value is -1.43. The Morgan fingerprint density at radius 2 is 2.15 bits per heavy atom. The quantitative estimate of drug-likeness (QED) is 0.807. The maximum Gasteiger partial charge on any atom is 0.407 e. The lowest BCUT2D eigenvalue weighted by molar-refractivity contribution is 0.151. The molecular weight excluding hydrogens is 326 g/mol. The van der Waals surface area contributed by atoms with Gasteiger partial charge in [-0.15, -0.1) is 0 Å². The summed E-state index contributed by atoms with van der Waals surface area (Å²) in [6.07, 6.45) is 0.00387. The van der Waals surface area contributed by atoms with E-state index in [1.54, 1.807) is 0 Å². The van der Waals surface area contributed by atoms with E-state index >= 15 is 0 Å². The SMILES string of the molecule is O=C(O)N1CC[C@H](COc2cccc(OCCBr)c2)C1. The molecule has 1 aromatic rings. The molecular formula is C14H18BrNO4. The van der Waals surface area contributed by atoms with Gasteiger partial charge in [-0.1, -0.05) is 22.0 Å². The molecule has 110 valence electrons. The number of benzene rings is 1. The van der Waals surface area contributed by atoms with Crippen LogP contribution in [0.2, 0.25) is 0 Å². The first-order chi connectivity index (χ1) is 9.69. The molecule has 0 saturated carbocycles. The third-order valence-corrected chi connectivity index (χ3v) is 3.52. The summed E-state index contributed by atoms with van der Waals surface area (Å²) < 4.78 is 11.2. The van der Waals surface area contributed by atoms with Gasteiger partial charge in [-0.3, -0.25) is 0 Å². The Bertz CT molecular complexity index is 455. The van der Waals surface area contributed by atoms with Gasteiger partial charge in [0, 0.05) is 30.4 Å². The van der Waals surface area contributed by atoms with Crippen molar-refractivity contribution in [2.45, 2.75) is 6.42 Å². The van der Waals surface area contributed by atoms with Gasteiger partial charge in [0.25, 0.3) is 0 Å². The fourth-order valence-electron chi connectivity index (χ4n) is 2.17. The van der Waals surface area contributed by atoms with E-state index in [9.17, 15) is 4.79 Å². The van der Waals surface area contributed by atoms with Crippen LogP contribution in [0.5, 0.6) is 11.5 Å². The van der Waals surface area contributed by atoms with Gasteiger partial charge in [0.2, 0.25) is 0 Å². The van der Waals surface area contributed by atoms with Gasteiger partial charge in [0.15, 0.2) is 0 Å². The molecule has 1 fully saturated rings. The molecule has 1 saturated heterocycles. The van der Waals surface area contributed by atoms with Gasteiger partial charge < -0.3 is 19.5 Å². The normalized spacial score (nSPS) is 18.1. The van der Waals surface area contributed by atoms with E-state index in [1.807, 2.05) is 24.3 Å². The molecule has 0 aliphatic carbocycles. The first-order valence-corrected chi connectivity index (χ1v) is 7.70. The average molecular weight is 344 g/mol. The second kappa shape index (κ2) is 7.38. The van der Waals surface area contributed by atoms with E-state index < -0.39 is 6.09 Å². The zero-order valence-electron chi connectivity index (χ0n) is 11.1. The third-order valence-electron chi connectivity index (χ3n) is 3.19. The lowest BCUT2D eigenvalue weighted by Gasteiger charge is -2.14. The Balaban J connectivity index is 1.80. The van der Waals surface area contributed by atoms with Crippen molar-refractivity contribution in [3.05, 3.63) is 24.3 Å². The Morgan fingerprint density at radius 3 is 2.80 bits per heavy atom. The standard InChI is InChI=1S/C14H18BrNO4/c15-5-7-19-12-2-1-3-13(8-12)20-10-11-4-6-16(9-11)14(17)18/h1-3,8,11H,4-7,9-10H2,(H,17,18)/t11-/m0/s1. The summed E-state index contributed by atoms with van der Waals surface area (Å²) in [7, 11) is 0. The molecule has 1 atom stereocenters. The second-order valence-corrected chi connectivity index (χ2v) is 5.50. The van der Waals surface area contributed by atoms with E-state index in [2.05, 4.69) is 15.9 Å². The fourth-order valence-corrected chi connectivity index (χ4v) is 2.33. The summed E-state index contributed by atoms with van der Waals surface area (Å²) in [6.45, 7) is 2.29. The van der Waals surface area contributed by atoms with Gasteiger partial charge >= 0.3 is 6.09 Å². The average Bonchev–Trinajstić information content (AvgIpc) is 2.92. The van der Waals surface area contributed by atoms with Gasteiger partial charge in [-0.05, 0) is 18.6 Å². The smallest absolute Gasteiger partial charge is 0.407 e. The number of alkyl halides is 1. The molecule has 0 bridgehead atoms. The van der Waals surface area contributed by atoms with E-state index in [4.69, 9.17) is 14.6 Å². The number of carbonyl (C=O) groups is 1. The number of carboxylic acid groups (broad SMARTS) is 1. The zero-order chi connectivity index (χ0) is 14.4. The Labute approximate surface area is 126 Å².